The maximum absolute atomic E-state index is 12.2. The zero-order chi connectivity index (χ0) is 18.2. The van der Waals surface area contributed by atoms with E-state index in [1.807, 2.05) is 45.0 Å². The third-order valence-corrected chi connectivity index (χ3v) is 4.82. The molecule has 136 valence electrons. The van der Waals surface area contributed by atoms with Gasteiger partial charge in [0, 0.05) is 37.9 Å². The molecule has 0 aromatic heterocycles. The van der Waals surface area contributed by atoms with Gasteiger partial charge in [-0.3, -0.25) is 4.79 Å². The summed E-state index contributed by atoms with van der Waals surface area (Å²) < 4.78 is 11.6. The molecule has 0 bridgehead atoms. The van der Waals surface area contributed by atoms with E-state index in [-0.39, 0.29) is 6.09 Å². The predicted molar refractivity (Wildman–Crippen MR) is 91.8 cm³/mol. The van der Waals surface area contributed by atoms with Crippen LogP contribution in [-0.4, -0.2) is 46.4 Å². The molecular weight excluding hydrogens is 322 g/mol. The summed E-state index contributed by atoms with van der Waals surface area (Å²) in [6.45, 7) is 6.53. The van der Waals surface area contributed by atoms with Crippen LogP contribution in [0.3, 0.4) is 0 Å². The second kappa shape index (κ2) is 6.24. The number of benzene rings is 1. The standard InChI is InChI=1S/C19H25NO5/c1-18(2,3)25-17(23)20-10-8-19(9-11-20)12-14(16(21)22)13-6-4-5-7-15(13)24-19/h4-7,14H,8-12H2,1-3H3,(H,21,22)/t14-/m1/s1. The maximum atomic E-state index is 12.2. The van der Waals surface area contributed by atoms with Crippen LogP contribution in [0.1, 0.15) is 51.5 Å². The number of hydrogen-bond acceptors (Lipinski definition) is 4. The quantitative estimate of drug-likeness (QED) is 0.842. The topological polar surface area (TPSA) is 76.1 Å². The van der Waals surface area contributed by atoms with Crippen molar-refractivity contribution < 1.29 is 24.2 Å². The molecular formula is C19H25NO5. The SMILES string of the molecule is CC(C)(C)OC(=O)N1CCC2(CC1)C[C@@H](C(=O)O)c1ccccc1O2. The van der Waals surface area contributed by atoms with Gasteiger partial charge in [-0.15, -0.1) is 0 Å². The molecule has 1 spiro atoms. The Balaban J connectivity index is 1.73. The number of likely N-dealkylation sites (tertiary alicyclic amines) is 1. The second-order valence-electron chi connectivity index (χ2n) is 7.89. The number of rotatable bonds is 1. The lowest BCUT2D eigenvalue weighted by Crippen LogP contribution is -2.53. The molecule has 3 rings (SSSR count). The number of amides is 1. The highest BCUT2D eigenvalue weighted by Crippen LogP contribution is 2.45. The molecule has 1 amide bonds. The average Bonchev–Trinajstić information content (AvgIpc) is 2.53. The Morgan fingerprint density at radius 3 is 2.48 bits per heavy atom. The zero-order valence-electron chi connectivity index (χ0n) is 14.9. The molecule has 1 saturated heterocycles. The van der Waals surface area contributed by atoms with E-state index in [0.717, 1.165) is 5.56 Å². The number of hydrogen-bond donors (Lipinski definition) is 1. The lowest BCUT2D eigenvalue weighted by Gasteiger charge is -2.46. The van der Waals surface area contributed by atoms with E-state index >= 15 is 0 Å². The molecule has 1 fully saturated rings. The van der Waals surface area contributed by atoms with E-state index in [4.69, 9.17) is 9.47 Å². The van der Waals surface area contributed by atoms with E-state index in [0.29, 0.717) is 38.1 Å². The van der Waals surface area contributed by atoms with Crippen molar-refractivity contribution in [3.63, 3.8) is 0 Å². The van der Waals surface area contributed by atoms with Gasteiger partial charge in [0.25, 0.3) is 0 Å². The van der Waals surface area contributed by atoms with Crippen LogP contribution >= 0.6 is 0 Å². The van der Waals surface area contributed by atoms with Crippen molar-refractivity contribution in [3.05, 3.63) is 29.8 Å². The first-order chi connectivity index (χ1) is 11.7. The van der Waals surface area contributed by atoms with Crippen LogP contribution in [0, 0.1) is 0 Å². The molecule has 1 aromatic rings. The van der Waals surface area contributed by atoms with Gasteiger partial charge in [-0.1, -0.05) is 18.2 Å². The summed E-state index contributed by atoms with van der Waals surface area (Å²) in [6, 6.07) is 7.33. The molecule has 2 aliphatic rings. The smallest absolute Gasteiger partial charge is 0.410 e. The first-order valence-electron chi connectivity index (χ1n) is 8.68. The highest BCUT2D eigenvalue weighted by atomic mass is 16.6. The minimum Gasteiger partial charge on any atom is -0.487 e. The molecule has 1 N–H and O–H groups in total. The first-order valence-corrected chi connectivity index (χ1v) is 8.68. The van der Waals surface area contributed by atoms with Gasteiger partial charge in [0.05, 0.1) is 5.92 Å². The van der Waals surface area contributed by atoms with Crippen molar-refractivity contribution in [1.29, 1.82) is 0 Å². The van der Waals surface area contributed by atoms with Crippen LogP contribution in [-0.2, 0) is 9.53 Å². The number of carboxylic acids is 1. The van der Waals surface area contributed by atoms with Gasteiger partial charge in [-0.05, 0) is 26.8 Å². The first kappa shape index (κ1) is 17.6. The summed E-state index contributed by atoms with van der Waals surface area (Å²) in [4.78, 5) is 25.6. The Morgan fingerprint density at radius 2 is 1.88 bits per heavy atom. The Labute approximate surface area is 147 Å². The number of aliphatic carboxylic acids is 1. The summed E-state index contributed by atoms with van der Waals surface area (Å²) in [5.74, 6) is -0.755. The minimum atomic E-state index is -0.829. The number of ether oxygens (including phenoxy) is 2. The third-order valence-electron chi connectivity index (χ3n) is 4.82. The number of piperidine rings is 1. The Morgan fingerprint density at radius 1 is 1.24 bits per heavy atom. The Bertz CT molecular complexity index is 671. The van der Waals surface area contributed by atoms with Crippen LogP contribution in [0.4, 0.5) is 4.79 Å². The molecule has 0 radical (unpaired) electrons. The highest BCUT2D eigenvalue weighted by molar-refractivity contribution is 5.78. The Kier molecular flexibility index (Phi) is 4.39. The summed E-state index contributed by atoms with van der Waals surface area (Å²) in [7, 11) is 0. The molecule has 6 nitrogen and oxygen atoms in total. The van der Waals surface area contributed by atoms with Gasteiger partial charge < -0.3 is 19.5 Å². The van der Waals surface area contributed by atoms with Crippen LogP contribution in [0.5, 0.6) is 5.75 Å². The molecule has 0 aliphatic carbocycles. The molecule has 0 unspecified atom stereocenters. The fourth-order valence-corrected chi connectivity index (χ4v) is 3.57. The Hall–Kier alpha value is -2.24. The average molecular weight is 347 g/mol. The van der Waals surface area contributed by atoms with Gasteiger partial charge in [0.1, 0.15) is 17.0 Å². The summed E-state index contributed by atoms with van der Waals surface area (Å²) in [5.41, 5.74) is -0.327. The van der Waals surface area contributed by atoms with Crippen LogP contribution in [0.2, 0.25) is 0 Å². The van der Waals surface area contributed by atoms with Gasteiger partial charge in [-0.2, -0.15) is 0 Å². The summed E-state index contributed by atoms with van der Waals surface area (Å²) >= 11 is 0. The molecule has 2 aliphatic heterocycles. The van der Waals surface area contributed by atoms with E-state index in [2.05, 4.69) is 0 Å². The number of para-hydroxylation sites is 1. The number of fused-ring (bicyclic) bond motifs is 1. The van der Waals surface area contributed by atoms with Crippen molar-refractivity contribution in [2.24, 2.45) is 0 Å². The molecule has 25 heavy (non-hydrogen) atoms. The van der Waals surface area contributed by atoms with Gasteiger partial charge in [0.2, 0.25) is 0 Å². The normalized spacial score (nSPS) is 22.0. The molecule has 1 atom stereocenters. The number of carbonyl (C=O) groups is 2. The van der Waals surface area contributed by atoms with Crippen LogP contribution < -0.4 is 4.74 Å². The van der Waals surface area contributed by atoms with Gasteiger partial charge in [0.15, 0.2) is 0 Å². The largest absolute Gasteiger partial charge is 0.487 e. The molecule has 1 aromatic carbocycles. The maximum Gasteiger partial charge on any atom is 0.410 e. The third kappa shape index (κ3) is 3.72. The van der Waals surface area contributed by atoms with Crippen molar-refractivity contribution >= 4 is 12.1 Å². The fourth-order valence-electron chi connectivity index (χ4n) is 3.57. The molecule has 0 saturated carbocycles. The van der Waals surface area contributed by atoms with E-state index in [1.165, 1.54) is 0 Å². The summed E-state index contributed by atoms with van der Waals surface area (Å²) in [5, 5.41) is 9.63. The van der Waals surface area contributed by atoms with E-state index < -0.39 is 23.1 Å². The molecule has 6 heteroatoms. The number of carbonyl (C=O) groups excluding carboxylic acids is 1. The summed E-state index contributed by atoms with van der Waals surface area (Å²) in [6.07, 6.45) is 1.31. The van der Waals surface area contributed by atoms with Crippen LogP contribution in [0.15, 0.2) is 24.3 Å². The van der Waals surface area contributed by atoms with Crippen molar-refractivity contribution in [1.82, 2.24) is 4.90 Å². The lowest BCUT2D eigenvalue weighted by atomic mass is 9.77. The minimum absolute atomic E-state index is 0.326. The van der Waals surface area contributed by atoms with E-state index in [9.17, 15) is 14.7 Å². The lowest BCUT2D eigenvalue weighted by molar-refractivity contribution is -0.142. The van der Waals surface area contributed by atoms with Crippen molar-refractivity contribution in [2.45, 2.75) is 57.2 Å². The second-order valence-corrected chi connectivity index (χ2v) is 7.89. The number of carboxylic acid groups (broad SMARTS) is 1. The monoisotopic (exact) mass is 347 g/mol. The fraction of sp³-hybridized carbons (Fsp3) is 0.579. The zero-order valence-corrected chi connectivity index (χ0v) is 14.9. The van der Waals surface area contributed by atoms with Crippen molar-refractivity contribution in [3.8, 4) is 5.75 Å². The van der Waals surface area contributed by atoms with E-state index in [1.54, 1.807) is 4.90 Å². The van der Waals surface area contributed by atoms with Gasteiger partial charge in [-0.25, -0.2) is 4.79 Å². The number of nitrogens with zero attached hydrogens (tertiary/aromatic N) is 1. The van der Waals surface area contributed by atoms with Gasteiger partial charge >= 0.3 is 12.1 Å². The van der Waals surface area contributed by atoms with Crippen molar-refractivity contribution in [2.75, 3.05) is 13.1 Å². The molecule has 2 heterocycles. The van der Waals surface area contributed by atoms with Crippen LogP contribution in [0.25, 0.3) is 0 Å². The highest BCUT2D eigenvalue weighted by Gasteiger charge is 2.46. The predicted octanol–water partition coefficient (Wildman–Crippen LogP) is 3.41.